The Morgan fingerprint density at radius 3 is 3.05 bits per heavy atom. The summed E-state index contributed by atoms with van der Waals surface area (Å²) in [5, 5.41) is 2.98. The van der Waals surface area contributed by atoms with Crippen molar-refractivity contribution in [3.05, 3.63) is 34.6 Å². The maximum absolute atomic E-state index is 12.9. The van der Waals surface area contributed by atoms with E-state index in [-0.39, 0.29) is 10.9 Å². The van der Waals surface area contributed by atoms with Crippen molar-refractivity contribution in [2.45, 2.75) is 32.3 Å². The number of carbonyl (C=O) groups excluding carboxylic acids is 1. The smallest absolute Gasteiger partial charge is 0.252 e. The second-order valence-corrected chi connectivity index (χ2v) is 5.65. The van der Waals surface area contributed by atoms with Crippen molar-refractivity contribution in [2.24, 2.45) is 5.92 Å². The summed E-state index contributed by atoms with van der Waals surface area (Å²) in [6, 6.07) is 3.79. The molecule has 0 aliphatic carbocycles. The molecule has 0 aromatic heterocycles. The van der Waals surface area contributed by atoms with Crippen molar-refractivity contribution in [3.63, 3.8) is 0 Å². The Labute approximate surface area is 123 Å². The maximum atomic E-state index is 12.9. The van der Waals surface area contributed by atoms with Crippen LogP contribution in [-0.4, -0.2) is 25.2 Å². The van der Waals surface area contributed by atoms with E-state index in [1.165, 1.54) is 12.1 Å². The molecule has 2 unspecified atom stereocenters. The molecule has 20 heavy (non-hydrogen) atoms. The number of ether oxygens (including phenoxy) is 1. The van der Waals surface area contributed by atoms with Crippen LogP contribution in [0, 0.1) is 11.7 Å². The van der Waals surface area contributed by atoms with Crippen LogP contribution in [0.1, 0.15) is 36.5 Å². The van der Waals surface area contributed by atoms with E-state index in [1.54, 1.807) is 0 Å². The van der Waals surface area contributed by atoms with Gasteiger partial charge in [0.2, 0.25) is 0 Å². The molecule has 0 radical (unpaired) electrons. The van der Waals surface area contributed by atoms with Gasteiger partial charge in [0.1, 0.15) is 5.82 Å². The van der Waals surface area contributed by atoms with Crippen LogP contribution in [0.4, 0.5) is 4.39 Å². The molecule has 1 aromatic carbocycles. The minimum Gasteiger partial charge on any atom is -0.378 e. The molecular formula is C15H19ClFNO2. The van der Waals surface area contributed by atoms with Gasteiger partial charge in [-0.15, -0.1) is 0 Å². The van der Waals surface area contributed by atoms with Crippen LogP contribution in [0.3, 0.4) is 0 Å². The Kier molecular flexibility index (Phi) is 5.38. The van der Waals surface area contributed by atoms with Gasteiger partial charge in [-0.3, -0.25) is 4.79 Å². The number of carbonyl (C=O) groups is 1. The van der Waals surface area contributed by atoms with E-state index in [4.69, 9.17) is 16.3 Å². The molecule has 1 saturated heterocycles. The number of hydrogen-bond acceptors (Lipinski definition) is 2. The van der Waals surface area contributed by atoms with Gasteiger partial charge in [-0.1, -0.05) is 11.6 Å². The van der Waals surface area contributed by atoms with Gasteiger partial charge in [0, 0.05) is 13.2 Å². The number of rotatable bonds is 4. The molecule has 0 saturated carbocycles. The second-order valence-electron chi connectivity index (χ2n) is 5.24. The van der Waals surface area contributed by atoms with E-state index in [0.717, 1.165) is 31.9 Å². The van der Waals surface area contributed by atoms with Crippen LogP contribution in [0.15, 0.2) is 18.2 Å². The zero-order valence-corrected chi connectivity index (χ0v) is 12.3. The summed E-state index contributed by atoms with van der Waals surface area (Å²) in [5.41, 5.74) is 0.313. The van der Waals surface area contributed by atoms with E-state index in [2.05, 4.69) is 12.2 Å². The highest BCUT2D eigenvalue weighted by Crippen LogP contribution is 2.22. The maximum Gasteiger partial charge on any atom is 0.252 e. The lowest BCUT2D eigenvalue weighted by Gasteiger charge is -2.27. The molecule has 110 valence electrons. The normalized spacial score (nSPS) is 22.6. The van der Waals surface area contributed by atoms with Crippen LogP contribution >= 0.6 is 11.6 Å². The summed E-state index contributed by atoms with van der Waals surface area (Å²) >= 11 is 5.85. The van der Waals surface area contributed by atoms with Crippen LogP contribution in [0.5, 0.6) is 0 Å². The fraction of sp³-hybridized carbons (Fsp3) is 0.533. The van der Waals surface area contributed by atoms with Gasteiger partial charge < -0.3 is 10.1 Å². The third-order valence-electron chi connectivity index (χ3n) is 3.61. The zero-order valence-electron chi connectivity index (χ0n) is 11.5. The summed E-state index contributed by atoms with van der Waals surface area (Å²) in [4.78, 5) is 11.9. The minimum atomic E-state index is -0.442. The van der Waals surface area contributed by atoms with Crippen LogP contribution in [0.2, 0.25) is 5.02 Å². The monoisotopic (exact) mass is 299 g/mol. The lowest BCUT2D eigenvalue weighted by molar-refractivity contribution is 0.00109. The number of benzene rings is 1. The van der Waals surface area contributed by atoms with Crippen molar-refractivity contribution in [1.82, 2.24) is 5.32 Å². The fourth-order valence-electron chi connectivity index (χ4n) is 2.51. The second kappa shape index (κ2) is 7.04. The summed E-state index contributed by atoms with van der Waals surface area (Å²) in [6.45, 7) is 3.47. The average molecular weight is 300 g/mol. The van der Waals surface area contributed by atoms with Gasteiger partial charge in [0.05, 0.1) is 16.7 Å². The Morgan fingerprint density at radius 2 is 2.35 bits per heavy atom. The van der Waals surface area contributed by atoms with Crippen molar-refractivity contribution in [2.75, 3.05) is 13.2 Å². The SMILES string of the molecule is CC1CC(CCNC(=O)c2ccc(F)cc2Cl)CCO1. The highest BCUT2D eigenvalue weighted by molar-refractivity contribution is 6.33. The first-order valence-electron chi connectivity index (χ1n) is 6.91. The predicted octanol–water partition coefficient (Wildman–Crippen LogP) is 3.41. The first-order valence-corrected chi connectivity index (χ1v) is 7.29. The zero-order chi connectivity index (χ0) is 14.5. The van der Waals surface area contributed by atoms with Crippen molar-refractivity contribution < 1.29 is 13.9 Å². The van der Waals surface area contributed by atoms with Gasteiger partial charge in [-0.25, -0.2) is 4.39 Å². The Morgan fingerprint density at radius 1 is 1.55 bits per heavy atom. The van der Waals surface area contributed by atoms with Crippen molar-refractivity contribution >= 4 is 17.5 Å². The molecule has 1 aromatic rings. The number of amides is 1. The molecule has 1 fully saturated rings. The fourth-order valence-corrected chi connectivity index (χ4v) is 2.77. The van der Waals surface area contributed by atoms with E-state index in [1.807, 2.05) is 0 Å². The topological polar surface area (TPSA) is 38.3 Å². The molecule has 0 spiro atoms. The minimum absolute atomic E-state index is 0.141. The number of hydrogen-bond donors (Lipinski definition) is 1. The van der Waals surface area contributed by atoms with Crippen LogP contribution < -0.4 is 5.32 Å². The largest absolute Gasteiger partial charge is 0.378 e. The summed E-state index contributed by atoms with van der Waals surface area (Å²) in [5.74, 6) is -0.111. The van der Waals surface area contributed by atoms with Gasteiger partial charge in [-0.05, 0) is 50.3 Å². The molecule has 1 amide bonds. The molecule has 1 aliphatic rings. The van der Waals surface area contributed by atoms with Gasteiger partial charge in [-0.2, -0.15) is 0 Å². The van der Waals surface area contributed by atoms with E-state index >= 15 is 0 Å². The Balaban J connectivity index is 1.80. The summed E-state index contributed by atoms with van der Waals surface area (Å²) in [6.07, 6.45) is 3.30. The molecule has 1 heterocycles. The molecule has 1 N–H and O–H groups in total. The Hall–Kier alpha value is -1.13. The highest BCUT2D eigenvalue weighted by Gasteiger charge is 2.19. The molecule has 1 aliphatic heterocycles. The summed E-state index contributed by atoms with van der Waals surface area (Å²) < 4.78 is 18.4. The molecular weight excluding hydrogens is 281 g/mol. The molecule has 0 bridgehead atoms. The Bertz CT molecular complexity index is 481. The van der Waals surface area contributed by atoms with E-state index in [0.29, 0.717) is 24.1 Å². The van der Waals surface area contributed by atoms with E-state index in [9.17, 15) is 9.18 Å². The molecule has 2 atom stereocenters. The third kappa shape index (κ3) is 4.18. The lowest BCUT2D eigenvalue weighted by atomic mass is 9.93. The van der Waals surface area contributed by atoms with Crippen LogP contribution in [-0.2, 0) is 4.74 Å². The van der Waals surface area contributed by atoms with Gasteiger partial charge in [0.25, 0.3) is 5.91 Å². The summed E-state index contributed by atoms with van der Waals surface area (Å²) in [7, 11) is 0. The first kappa shape index (κ1) is 15.3. The highest BCUT2D eigenvalue weighted by atomic mass is 35.5. The molecule has 2 rings (SSSR count). The van der Waals surface area contributed by atoms with E-state index < -0.39 is 5.82 Å². The van der Waals surface area contributed by atoms with Gasteiger partial charge in [0.15, 0.2) is 0 Å². The van der Waals surface area contributed by atoms with Crippen molar-refractivity contribution in [3.8, 4) is 0 Å². The molecule has 5 heteroatoms. The number of halogens is 2. The third-order valence-corrected chi connectivity index (χ3v) is 3.92. The quantitative estimate of drug-likeness (QED) is 0.925. The predicted molar refractivity (Wildman–Crippen MR) is 76.5 cm³/mol. The average Bonchev–Trinajstić information content (AvgIpc) is 2.38. The standard InChI is InChI=1S/C15H19ClFNO2/c1-10-8-11(5-7-20-10)4-6-18-15(19)13-3-2-12(17)9-14(13)16/h2-3,9-11H,4-8H2,1H3,(H,18,19). The van der Waals surface area contributed by atoms with Gasteiger partial charge >= 0.3 is 0 Å². The van der Waals surface area contributed by atoms with Crippen molar-refractivity contribution in [1.29, 1.82) is 0 Å². The lowest BCUT2D eigenvalue weighted by Crippen LogP contribution is -2.29. The molecule has 3 nitrogen and oxygen atoms in total. The number of nitrogens with one attached hydrogen (secondary N) is 1. The van der Waals surface area contributed by atoms with Crippen LogP contribution in [0.25, 0.3) is 0 Å². The first-order chi connectivity index (χ1) is 9.56.